The van der Waals surface area contributed by atoms with Crippen molar-refractivity contribution in [2.45, 2.75) is 77.8 Å². The summed E-state index contributed by atoms with van der Waals surface area (Å²) in [6.45, 7) is 22.4. The minimum atomic E-state index is -2.14. The summed E-state index contributed by atoms with van der Waals surface area (Å²) < 4.78 is 25.2. The van der Waals surface area contributed by atoms with Gasteiger partial charge in [-0.1, -0.05) is 41.5 Å². The number of fused-ring (bicyclic) bond motifs is 1. The molecule has 0 saturated heterocycles. The quantitative estimate of drug-likeness (QED) is 0.234. The second kappa shape index (κ2) is 9.17. The maximum absolute atomic E-state index is 11.4. The van der Waals surface area contributed by atoms with Gasteiger partial charge in [0, 0.05) is 16.5 Å². The van der Waals surface area contributed by atoms with Crippen molar-refractivity contribution in [2.75, 3.05) is 7.11 Å². The fraction of sp³-hybridized carbons (Fsp3) is 0.464. The van der Waals surface area contributed by atoms with E-state index >= 15 is 0 Å². The zero-order valence-electron chi connectivity index (χ0n) is 23.1. The predicted molar refractivity (Wildman–Crippen MR) is 149 cm³/mol. The molecule has 0 bridgehead atoms. The van der Waals surface area contributed by atoms with E-state index in [4.69, 9.17) is 18.0 Å². The third-order valence-corrected chi connectivity index (χ3v) is 16.2. The SMILES string of the molecule is COc1cc(C=O)cc2cc(-c3ccc(O[Si](C)(C)C(C)(C)C)c(O[Si](C)(C)C(C)(C)C)c3)oc12. The van der Waals surface area contributed by atoms with Gasteiger partial charge in [0.1, 0.15) is 23.5 Å². The fourth-order valence-corrected chi connectivity index (χ4v) is 5.23. The number of ether oxygens (including phenoxy) is 1. The van der Waals surface area contributed by atoms with Gasteiger partial charge in [-0.05, 0) is 72.7 Å². The summed E-state index contributed by atoms with van der Waals surface area (Å²) in [6.07, 6.45) is 0.812. The Bertz CT molecular complexity index is 1230. The van der Waals surface area contributed by atoms with Crippen LogP contribution in [0.25, 0.3) is 22.3 Å². The number of hydrogen-bond acceptors (Lipinski definition) is 5. The Hall–Kier alpha value is -2.52. The molecular weight excluding hydrogens is 472 g/mol. The van der Waals surface area contributed by atoms with E-state index in [9.17, 15) is 4.79 Å². The summed E-state index contributed by atoms with van der Waals surface area (Å²) in [7, 11) is -2.64. The standard InChI is InChI=1S/C28H40O5Si2/c1-27(2,3)34(8,9)32-22-13-12-20(16-24(22)33-35(10,11)28(4,5)6)23-17-21-14-19(18-29)15-25(30-7)26(21)31-23/h12-18H,1-11H3. The largest absolute Gasteiger partial charge is 0.541 e. The topological polar surface area (TPSA) is 57.9 Å². The first-order valence-electron chi connectivity index (χ1n) is 12.1. The number of carbonyl (C=O) groups excluding carboxylic acids is 1. The van der Waals surface area contributed by atoms with E-state index in [-0.39, 0.29) is 10.1 Å². The van der Waals surface area contributed by atoms with Gasteiger partial charge in [0.2, 0.25) is 0 Å². The summed E-state index contributed by atoms with van der Waals surface area (Å²) >= 11 is 0. The van der Waals surface area contributed by atoms with Gasteiger partial charge in [-0.15, -0.1) is 0 Å². The summed E-state index contributed by atoms with van der Waals surface area (Å²) in [4.78, 5) is 11.4. The molecule has 3 rings (SSSR count). The van der Waals surface area contributed by atoms with Crippen molar-refractivity contribution in [3.63, 3.8) is 0 Å². The normalized spacial score (nSPS) is 13.1. The van der Waals surface area contributed by atoms with Gasteiger partial charge in [0.25, 0.3) is 16.6 Å². The number of carbonyl (C=O) groups is 1. The van der Waals surface area contributed by atoms with Crippen LogP contribution in [-0.2, 0) is 0 Å². The van der Waals surface area contributed by atoms with Gasteiger partial charge in [-0.3, -0.25) is 4.79 Å². The maximum atomic E-state index is 11.4. The van der Waals surface area contributed by atoms with Crippen molar-refractivity contribution in [2.24, 2.45) is 0 Å². The molecule has 0 N–H and O–H groups in total. The number of benzene rings is 2. The lowest BCUT2D eigenvalue weighted by atomic mass is 10.1. The Kier molecular flexibility index (Phi) is 7.09. The van der Waals surface area contributed by atoms with Gasteiger partial charge < -0.3 is 18.0 Å². The molecule has 2 aromatic carbocycles. The van der Waals surface area contributed by atoms with Crippen LogP contribution in [0.15, 0.2) is 40.8 Å². The Morgan fingerprint density at radius 2 is 1.34 bits per heavy atom. The van der Waals surface area contributed by atoms with Crippen LogP contribution in [0.4, 0.5) is 0 Å². The number of furan rings is 1. The van der Waals surface area contributed by atoms with Crippen LogP contribution in [0.1, 0.15) is 51.9 Å². The van der Waals surface area contributed by atoms with Gasteiger partial charge in [0.05, 0.1) is 7.11 Å². The molecule has 0 aliphatic heterocycles. The van der Waals surface area contributed by atoms with Crippen LogP contribution in [0.3, 0.4) is 0 Å². The van der Waals surface area contributed by atoms with E-state index in [1.165, 1.54) is 0 Å². The molecule has 7 heteroatoms. The first-order valence-corrected chi connectivity index (χ1v) is 17.9. The summed E-state index contributed by atoms with van der Waals surface area (Å²) in [6, 6.07) is 11.5. The Morgan fingerprint density at radius 1 is 0.771 bits per heavy atom. The van der Waals surface area contributed by atoms with E-state index in [0.29, 0.717) is 22.7 Å². The van der Waals surface area contributed by atoms with Crippen molar-refractivity contribution < 1.29 is 22.8 Å². The summed E-state index contributed by atoms with van der Waals surface area (Å²) in [5.74, 6) is 2.74. The monoisotopic (exact) mass is 512 g/mol. The lowest BCUT2D eigenvalue weighted by Gasteiger charge is -2.39. The molecule has 0 aliphatic carbocycles. The van der Waals surface area contributed by atoms with Crippen LogP contribution in [0, 0.1) is 0 Å². The predicted octanol–water partition coefficient (Wildman–Crippen LogP) is 8.69. The highest BCUT2D eigenvalue weighted by Gasteiger charge is 2.42. The first-order chi connectivity index (χ1) is 16.0. The molecule has 5 nitrogen and oxygen atoms in total. The third kappa shape index (κ3) is 5.51. The van der Waals surface area contributed by atoms with Crippen LogP contribution < -0.4 is 13.6 Å². The van der Waals surface area contributed by atoms with Crippen LogP contribution in [-0.4, -0.2) is 30.0 Å². The number of hydrogen-bond donors (Lipinski definition) is 0. The van der Waals surface area contributed by atoms with E-state index in [2.05, 4.69) is 67.7 Å². The van der Waals surface area contributed by atoms with Crippen LogP contribution in [0.2, 0.25) is 36.3 Å². The van der Waals surface area contributed by atoms with E-state index in [1.807, 2.05) is 24.3 Å². The van der Waals surface area contributed by atoms with Crippen molar-refractivity contribution in [1.82, 2.24) is 0 Å². The van der Waals surface area contributed by atoms with E-state index < -0.39 is 16.6 Å². The molecule has 1 aromatic heterocycles. The Balaban J connectivity index is 2.15. The Morgan fingerprint density at radius 3 is 1.86 bits per heavy atom. The molecule has 35 heavy (non-hydrogen) atoms. The van der Waals surface area contributed by atoms with Gasteiger partial charge in [0.15, 0.2) is 11.3 Å². The molecule has 0 unspecified atom stereocenters. The highest BCUT2D eigenvalue weighted by atomic mass is 28.4. The van der Waals surface area contributed by atoms with Crippen molar-refractivity contribution in [3.05, 3.63) is 42.0 Å². The van der Waals surface area contributed by atoms with Crippen molar-refractivity contribution in [3.8, 4) is 28.6 Å². The summed E-state index contributed by atoms with van der Waals surface area (Å²) in [5.41, 5.74) is 2.04. The van der Waals surface area contributed by atoms with Gasteiger partial charge in [-0.25, -0.2) is 0 Å². The molecule has 0 aliphatic rings. The molecule has 0 spiro atoms. The number of aldehydes is 1. The van der Waals surface area contributed by atoms with Crippen molar-refractivity contribution >= 4 is 33.9 Å². The molecule has 0 saturated carbocycles. The van der Waals surface area contributed by atoms with Gasteiger partial charge in [-0.2, -0.15) is 0 Å². The molecule has 0 atom stereocenters. The molecule has 1 heterocycles. The van der Waals surface area contributed by atoms with Crippen molar-refractivity contribution in [1.29, 1.82) is 0 Å². The maximum Gasteiger partial charge on any atom is 0.250 e. The highest BCUT2D eigenvalue weighted by Crippen LogP contribution is 2.45. The summed E-state index contributed by atoms with van der Waals surface area (Å²) in [5, 5.41) is 0.913. The minimum Gasteiger partial charge on any atom is -0.541 e. The first kappa shape index (κ1) is 27.1. The lowest BCUT2D eigenvalue weighted by molar-refractivity contribution is 0.112. The number of rotatable bonds is 7. The zero-order chi connectivity index (χ0) is 26.4. The molecular formula is C28H40O5Si2. The molecule has 0 radical (unpaired) electrons. The average Bonchev–Trinajstić information content (AvgIpc) is 3.16. The fourth-order valence-electron chi connectivity index (χ4n) is 3.19. The van der Waals surface area contributed by atoms with Gasteiger partial charge >= 0.3 is 0 Å². The second-order valence-electron chi connectivity index (χ2n) is 12.3. The second-order valence-corrected chi connectivity index (χ2v) is 21.7. The zero-order valence-corrected chi connectivity index (χ0v) is 25.1. The number of methoxy groups -OCH3 is 1. The minimum absolute atomic E-state index is 0.0369. The van der Waals surface area contributed by atoms with Crippen LogP contribution in [0.5, 0.6) is 17.2 Å². The smallest absolute Gasteiger partial charge is 0.250 e. The average molecular weight is 513 g/mol. The molecule has 0 fully saturated rings. The molecule has 0 amide bonds. The van der Waals surface area contributed by atoms with Crippen LogP contribution >= 0.6 is 0 Å². The molecule has 190 valence electrons. The third-order valence-electron chi connectivity index (χ3n) is 7.53. The molecule has 3 aromatic rings. The Labute approximate surface area is 212 Å². The lowest BCUT2D eigenvalue weighted by Crippen LogP contribution is -2.45. The van der Waals surface area contributed by atoms with E-state index in [0.717, 1.165) is 28.7 Å². The van der Waals surface area contributed by atoms with E-state index in [1.54, 1.807) is 19.2 Å². The highest BCUT2D eigenvalue weighted by molar-refractivity contribution is 6.75.